The molecule has 0 saturated carbocycles. The first-order valence-corrected chi connectivity index (χ1v) is 21.2. The fourth-order valence-electron chi connectivity index (χ4n) is 6.51. The minimum absolute atomic E-state index is 0.0423. The van der Waals surface area contributed by atoms with Gasteiger partial charge in [0.05, 0.1) is 26.4 Å². The highest BCUT2D eigenvalue weighted by molar-refractivity contribution is 5.66. The van der Waals surface area contributed by atoms with Crippen molar-refractivity contribution in [1.82, 2.24) is 0 Å². The van der Waals surface area contributed by atoms with E-state index in [1.165, 1.54) is 58.3 Å². The predicted molar refractivity (Wildman–Crippen MR) is 215 cm³/mol. The number of hydrogen-bond acceptors (Lipinski definition) is 14. The van der Waals surface area contributed by atoms with Crippen molar-refractivity contribution in [2.45, 2.75) is 184 Å². The maximum Gasteiger partial charge on any atom is 0.303 e. The van der Waals surface area contributed by atoms with Gasteiger partial charge in [-0.1, -0.05) is 113 Å². The Hall–Kier alpha value is -2.05. The Labute approximate surface area is 340 Å². The SMILES string of the molecule is CC/C=C\C/C=C\C/C=C\C/C=C\CCCCCCCCCCCCCOCC(COC1OC(COC2OC(CO)C(O)C(O)C2O)C(O)C(O)C1O)OC(C)=O. The highest BCUT2D eigenvalue weighted by Gasteiger charge is 2.47. The topological polar surface area (TPSA) is 214 Å². The molecule has 0 aromatic rings. The zero-order chi connectivity index (χ0) is 41.7. The number of hydrogen-bond donors (Lipinski definition) is 7. The Balaban J connectivity index is 1.52. The molecule has 2 saturated heterocycles. The van der Waals surface area contributed by atoms with Crippen molar-refractivity contribution in [3.05, 3.63) is 48.6 Å². The molecular formula is C43H74O14. The summed E-state index contributed by atoms with van der Waals surface area (Å²) in [5.41, 5.74) is 0. The molecule has 2 aliphatic rings. The second-order valence-electron chi connectivity index (χ2n) is 14.9. The predicted octanol–water partition coefficient (Wildman–Crippen LogP) is 4.06. The van der Waals surface area contributed by atoms with Crippen LogP contribution in [0.3, 0.4) is 0 Å². The lowest BCUT2D eigenvalue weighted by molar-refractivity contribution is -0.332. The molecule has 0 aromatic heterocycles. The minimum Gasteiger partial charge on any atom is -0.458 e. The molecule has 2 aliphatic heterocycles. The van der Waals surface area contributed by atoms with E-state index in [1.807, 2.05) is 0 Å². The molecule has 2 rings (SSSR count). The van der Waals surface area contributed by atoms with Crippen molar-refractivity contribution in [3.8, 4) is 0 Å². The van der Waals surface area contributed by atoms with E-state index in [1.54, 1.807) is 0 Å². The quantitative estimate of drug-likeness (QED) is 0.0299. The van der Waals surface area contributed by atoms with Crippen LogP contribution in [0.15, 0.2) is 48.6 Å². The van der Waals surface area contributed by atoms with Crippen LogP contribution in [-0.2, 0) is 33.2 Å². The Bertz CT molecular complexity index is 1130. The zero-order valence-corrected chi connectivity index (χ0v) is 34.3. The van der Waals surface area contributed by atoms with Crippen LogP contribution in [0, 0.1) is 0 Å². The highest BCUT2D eigenvalue weighted by atomic mass is 16.7. The number of carbonyl (C=O) groups is 1. The molecule has 11 unspecified atom stereocenters. The monoisotopic (exact) mass is 815 g/mol. The molecule has 330 valence electrons. The Morgan fingerprint density at radius 3 is 1.60 bits per heavy atom. The fourth-order valence-corrected chi connectivity index (χ4v) is 6.51. The maximum absolute atomic E-state index is 11.7. The smallest absolute Gasteiger partial charge is 0.303 e. The van der Waals surface area contributed by atoms with Gasteiger partial charge in [-0.2, -0.15) is 0 Å². The van der Waals surface area contributed by atoms with Crippen LogP contribution in [-0.4, -0.2) is 142 Å². The molecule has 14 nitrogen and oxygen atoms in total. The normalized spacial score (nSPS) is 29.0. The van der Waals surface area contributed by atoms with Crippen LogP contribution in [0.1, 0.15) is 117 Å². The van der Waals surface area contributed by atoms with Gasteiger partial charge >= 0.3 is 5.97 Å². The summed E-state index contributed by atoms with van der Waals surface area (Å²) in [6.07, 6.45) is 20.1. The molecule has 2 heterocycles. The van der Waals surface area contributed by atoms with Crippen LogP contribution in [0.4, 0.5) is 0 Å². The summed E-state index contributed by atoms with van der Waals surface area (Å²) in [5, 5.41) is 70.9. The van der Waals surface area contributed by atoms with Gasteiger partial charge in [0.25, 0.3) is 0 Å². The van der Waals surface area contributed by atoms with E-state index in [4.69, 9.17) is 28.4 Å². The van der Waals surface area contributed by atoms with Gasteiger partial charge in [0.1, 0.15) is 54.9 Å². The van der Waals surface area contributed by atoms with E-state index in [9.17, 15) is 40.5 Å². The van der Waals surface area contributed by atoms with Crippen LogP contribution < -0.4 is 0 Å². The molecule has 0 bridgehead atoms. The average Bonchev–Trinajstić information content (AvgIpc) is 3.20. The van der Waals surface area contributed by atoms with Gasteiger partial charge in [0, 0.05) is 13.5 Å². The lowest BCUT2D eigenvalue weighted by Crippen LogP contribution is -2.61. The lowest BCUT2D eigenvalue weighted by atomic mass is 9.98. The minimum atomic E-state index is -1.70. The van der Waals surface area contributed by atoms with Gasteiger partial charge in [0.2, 0.25) is 0 Å². The van der Waals surface area contributed by atoms with Crippen molar-refractivity contribution >= 4 is 5.97 Å². The van der Waals surface area contributed by atoms with Gasteiger partial charge in [0.15, 0.2) is 12.6 Å². The van der Waals surface area contributed by atoms with Crippen molar-refractivity contribution < 1.29 is 69.0 Å². The Morgan fingerprint density at radius 2 is 1.05 bits per heavy atom. The Kier molecular flexibility index (Phi) is 28.5. The summed E-state index contributed by atoms with van der Waals surface area (Å²) in [7, 11) is 0. The third kappa shape index (κ3) is 21.7. The van der Waals surface area contributed by atoms with Crippen molar-refractivity contribution in [2.75, 3.05) is 33.0 Å². The molecule has 0 spiro atoms. The first-order valence-electron chi connectivity index (χ1n) is 21.2. The lowest BCUT2D eigenvalue weighted by Gasteiger charge is -2.42. The third-order valence-corrected chi connectivity index (χ3v) is 9.90. The molecule has 0 radical (unpaired) electrons. The molecule has 11 atom stereocenters. The average molecular weight is 815 g/mol. The number of ether oxygens (including phenoxy) is 6. The summed E-state index contributed by atoms with van der Waals surface area (Å²) in [6, 6.07) is 0. The van der Waals surface area contributed by atoms with Gasteiger partial charge in [-0.15, -0.1) is 0 Å². The van der Waals surface area contributed by atoms with Crippen molar-refractivity contribution in [1.29, 1.82) is 0 Å². The van der Waals surface area contributed by atoms with E-state index in [0.29, 0.717) is 6.61 Å². The summed E-state index contributed by atoms with van der Waals surface area (Å²) in [5.74, 6) is -0.555. The van der Waals surface area contributed by atoms with Crippen molar-refractivity contribution in [3.63, 3.8) is 0 Å². The highest BCUT2D eigenvalue weighted by Crippen LogP contribution is 2.26. The molecule has 2 fully saturated rings. The molecule has 14 heteroatoms. The Morgan fingerprint density at radius 1 is 0.579 bits per heavy atom. The second kappa shape index (κ2) is 31.8. The van der Waals surface area contributed by atoms with Crippen molar-refractivity contribution in [2.24, 2.45) is 0 Å². The van der Waals surface area contributed by atoms with Gasteiger partial charge in [-0.05, 0) is 44.9 Å². The number of unbranched alkanes of at least 4 members (excludes halogenated alkanes) is 11. The van der Waals surface area contributed by atoms with Crippen LogP contribution in [0.25, 0.3) is 0 Å². The van der Waals surface area contributed by atoms with Crippen LogP contribution in [0.2, 0.25) is 0 Å². The molecule has 7 N–H and O–H groups in total. The fraction of sp³-hybridized carbons (Fsp3) is 0.791. The van der Waals surface area contributed by atoms with E-state index in [2.05, 4.69) is 55.5 Å². The number of aliphatic hydroxyl groups is 7. The molecule has 57 heavy (non-hydrogen) atoms. The second-order valence-corrected chi connectivity index (χ2v) is 14.9. The zero-order valence-electron chi connectivity index (χ0n) is 34.3. The third-order valence-electron chi connectivity index (χ3n) is 9.90. The number of esters is 1. The number of rotatable bonds is 31. The molecule has 0 aliphatic carbocycles. The summed E-state index contributed by atoms with van der Waals surface area (Å²) in [6.45, 7) is 2.53. The van der Waals surface area contributed by atoms with E-state index in [-0.39, 0.29) is 13.2 Å². The van der Waals surface area contributed by atoms with Crippen LogP contribution >= 0.6 is 0 Å². The molecule has 0 amide bonds. The number of carbonyl (C=O) groups excluding carboxylic acids is 1. The number of allylic oxidation sites excluding steroid dienone is 8. The van der Waals surface area contributed by atoms with Gasteiger partial charge < -0.3 is 64.2 Å². The summed E-state index contributed by atoms with van der Waals surface area (Å²) < 4.78 is 33.1. The first-order chi connectivity index (χ1) is 27.6. The standard InChI is InChI=1S/C43H74O14/c1-3-4-5-6-7-8-9-10-11-12-13-14-15-16-17-18-19-20-21-22-23-24-25-26-27-52-29-33(55-32(2)45)30-53-42-41(51)39(49)37(47)35(57-42)31-54-43-40(50)38(48)36(46)34(28-44)56-43/h4-5,7-8,10-11,13-14,33-44,46-51H,3,6,9,12,15-31H2,1-2H3/b5-4-,8-7-,11-10-,14-13-. The summed E-state index contributed by atoms with van der Waals surface area (Å²) in [4.78, 5) is 11.7. The van der Waals surface area contributed by atoms with Gasteiger partial charge in [-0.25, -0.2) is 0 Å². The van der Waals surface area contributed by atoms with E-state index in [0.717, 1.165) is 51.4 Å². The maximum atomic E-state index is 11.7. The largest absolute Gasteiger partial charge is 0.458 e. The van der Waals surface area contributed by atoms with E-state index < -0.39 is 86.7 Å². The first kappa shape index (κ1) is 51.1. The van der Waals surface area contributed by atoms with Gasteiger partial charge in [-0.3, -0.25) is 4.79 Å². The number of aliphatic hydroxyl groups excluding tert-OH is 7. The molecular weight excluding hydrogens is 740 g/mol. The van der Waals surface area contributed by atoms with E-state index >= 15 is 0 Å². The summed E-state index contributed by atoms with van der Waals surface area (Å²) >= 11 is 0. The van der Waals surface area contributed by atoms with Crippen LogP contribution in [0.5, 0.6) is 0 Å². The molecule has 0 aromatic carbocycles.